The average Bonchev–Trinajstić information content (AvgIpc) is 3.12. The van der Waals surface area contributed by atoms with Crippen molar-refractivity contribution in [1.29, 1.82) is 0 Å². The molecule has 0 saturated heterocycles. The van der Waals surface area contributed by atoms with E-state index < -0.39 is 0 Å². The van der Waals surface area contributed by atoms with Crippen molar-refractivity contribution < 1.29 is 9.18 Å². The maximum Gasteiger partial charge on any atom is 0.184 e. The summed E-state index contributed by atoms with van der Waals surface area (Å²) in [5.74, 6) is -0.508. The van der Waals surface area contributed by atoms with Crippen LogP contribution in [0.25, 0.3) is 22.4 Å². The average molecular weight is 399 g/mol. The van der Waals surface area contributed by atoms with Crippen LogP contribution in [0, 0.1) is 11.7 Å². The van der Waals surface area contributed by atoms with E-state index in [-0.39, 0.29) is 17.5 Å². The molecule has 0 bridgehead atoms. The standard InChI is InChI=1S/C25H22FN3O/c1-17(16-18-6-4-3-5-7-18)25(30)24-22(19-12-14-27-15-13-19)23(28-29(24)2)20-8-10-21(26)11-9-20/h3-15,17H,16H2,1-2H3. The van der Waals surface area contributed by atoms with E-state index in [4.69, 9.17) is 0 Å². The molecule has 0 fully saturated rings. The fourth-order valence-corrected chi connectivity index (χ4v) is 3.70. The normalized spacial score (nSPS) is 12.0. The number of benzene rings is 2. The van der Waals surface area contributed by atoms with E-state index in [2.05, 4.69) is 10.1 Å². The highest BCUT2D eigenvalue weighted by atomic mass is 19.1. The lowest BCUT2D eigenvalue weighted by Crippen LogP contribution is -2.18. The Balaban J connectivity index is 1.81. The van der Waals surface area contributed by atoms with Crippen molar-refractivity contribution in [3.63, 3.8) is 0 Å². The molecule has 1 atom stereocenters. The lowest BCUT2D eigenvalue weighted by Gasteiger charge is -2.13. The molecule has 0 aliphatic heterocycles. The minimum atomic E-state index is -0.312. The summed E-state index contributed by atoms with van der Waals surface area (Å²) in [6.45, 7) is 1.94. The second kappa shape index (κ2) is 8.41. The van der Waals surface area contributed by atoms with E-state index in [1.165, 1.54) is 12.1 Å². The summed E-state index contributed by atoms with van der Waals surface area (Å²) in [4.78, 5) is 17.6. The van der Waals surface area contributed by atoms with Crippen molar-refractivity contribution in [1.82, 2.24) is 14.8 Å². The Kier molecular flexibility index (Phi) is 5.53. The number of rotatable bonds is 6. The Hall–Kier alpha value is -3.60. The van der Waals surface area contributed by atoms with Crippen molar-refractivity contribution in [2.24, 2.45) is 13.0 Å². The van der Waals surface area contributed by atoms with Crippen LogP contribution in [0.1, 0.15) is 23.0 Å². The number of hydrogen-bond acceptors (Lipinski definition) is 3. The summed E-state index contributed by atoms with van der Waals surface area (Å²) in [5, 5.41) is 4.65. The number of nitrogens with zero attached hydrogens (tertiary/aromatic N) is 3. The predicted octanol–water partition coefficient (Wildman–Crippen LogP) is 5.35. The number of pyridine rings is 1. The first-order valence-corrected chi connectivity index (χ1v) is 9.86. The Morgan fingerprint density at radius 3 is 2.30 bits per heavy atom. The molecule has 2 heterocycles. The minimum Gasteiger partial charge on any atom is -0.292 e. The largest absolute Gasteiger partial charge is 0.292 e. The molecule has 4 aromatic rings. The van der Waals surface area contributed by atoms with Gasteiger partial charge in [-0.1, -0.05) is 37.3 Å². The van der Waals surface area contributed by atoms with Gasteiger partial charge in [0.2, 0.25) is 0 Å². The van der Waals surface area contributed by atoms with Gasteiger partial charge in [0.05, 0.1) is 0 Å². The molecule has 0 amide bonds. The Morgan fingerprint density at radius 1 is 0.967 bits per heavy atom. The van der Waals surface area contributed by atoms with Crippen molar-refractivity contribution >= 4 is 5.78 Å². The summed E-state index contributed by atoms with van der Waals surface area (Å²) in [5.41, 5.74) is 4.67. The molecule has 2 aromatic carbocycles. The second-order valence-electron chi connectivity index (χ2n) is 7.39. The van der Waals surface area contributed by atoms with Gasteiger partial charge in [-0.3, -0.25) is 14.5 Å². The monoisotopic (exact) mass is 399 g/mol. The lowest BCUT2D eigenvalue weighted by molar-refractivity contribution is 0.0920. The van der Waals surface area contributed by atoms with E-state index in [0.29, 0.717) is 17.8 Å². The van der Waals surface area contributed by atoms with Gasteiger partial charge in [0.15, 0.2) is 5.78 Å². The van der Waals surface area contributed by atoms with E-state index in [0.717, 1.165) is 22.3 Å². The Bertz CT molecular complexity index is 1150. The number of carbonyl (C=O) groups is 1. The topological polar surface area (TPSA) is 47.8 Å². The molecule has 0 radical (unpaired) electrons. The molecule has 0 aliphatic carbocycles. The Labute approximate surface area is 175 Å². The first-order valence-electron chi connectivity index (χ1n) is 9.86. The molecule has 150 valence electrons. The highest BCUT2D eigenvalue weighted by Crippen LogP contribution is 2.35. The number of hydrogen-bond donors (Lipinski definition) is 0. The number of aromatic nitrogens is 3. The van der Waals surface area contributed by atoms with Crippen LogP contribution in [0.5, 0.6) is 0 Å². The third-order valence-electron chi connectivity index (χ3n) is 5.20. The molecule has 1 unspecified atom stereocenters. The quantitative estimate of drug-likeness (QED) is 0.411. The molecule has 0 saturated carbocycles. The van der Waals surface area contributed by atoms with Crippen LogP contribution < -0.4 is 0 Å². The zero-order chi connectivity index (χ0) is 21.1. The molecule has 0 aliphatic rings. The molecule has 0 spiro atoms. The molecular weight excluding hydrogens is 377 g/mol. The van der Waals surface area contributed by atoms with Crippen LogP contribution in [0.3, 0.4) is 0 Å². The molecular formula is C25H22FN3O. The first kappa shape index (κ1) is 19.7. The van der Waals surface area contributed by atoms with Gasteiger partial charge in [0, 0.05) is 36.5 Å². The number of aryl methyl sites for hydroxylation is 1. The zero-order valence-corrected chi connectivity index (χ0v) is 16.9. The predicted molar refractivity (Wildman–Crippen MR) is 115 cm³/mol. The number of carbonyl (C=O) groups excluding carboxylic acids is 1. The van der Waals surface area contributed by atoms with Gasteiger partial charge in [-0.05, 0) is 53.9 Å². The maximum absolute atomic E-state index is 13.5. The summed E-state index contributed by atoms with van der Waals surface area (Å²) in [7, 11) is 1.78. The van der Waals surface area contributed by atoms with Gasteiger partial charge >= 0.3 is 0 Å². The summed E-state index contributed by atoms with van der Waals surface area (Å²) in [6.07, 6.45) is 4.03. The van der Waals surface area contributed by atoms with Crippen molar-refractivity contribution in [2.75, 3.05) is 0 Å². The second-order valence-corrected chi connectivity index (χ2v) is 7.39. The number of Topliss-reactive ketones (excluding diaryl/α,β-unsaturated/α-hetero) is 1. The number of halogens is 1. The third kappa shape index (κ3) is 3.92. The van der Waals surface area contributed by atoms with Gasteiger partial charge in [0.25, 0.3) is 0 Å². The molecule has 5 heteroatoms. The fourth-order valence-electron chi connectivity index (χ4n) is 3.70. The van der Waals surface area contributed by atoms with E-state index in [9.17, 15) is 9.18 Å². The summed E-state index contributed by atoms with van der Waals surface area (Å²) in [6, 6.07) is 19.9. The highest BCUT2D eigenvalue weighted by Gasteiger charge is 2.27. The van der Waals surface area contributed by atoms with E-state index >= 15 is 0 Å². The molecule has 0 N–H and O–H groups in total. The summed E-state index contributed by atoms with van der Waals surface area (Å²) >= 11 is 0. The zero-order valence-electron chi connectivity index (χ0n) is 16.9. The minimum absolute atomic E-state index is 0.0222. The van der Waals surface area contributed by atoms with E-state index in [1.807, 2.05) is 49.4 Å². The van der Waals surface area contributed by atoms with Gasteiger partial charge in [-0.2, -0.15) is 5.10 Å². The lowest BCUT2D eigenvalue weighted by atomic mass is 9.91. The van der Waals surface area contributed by atoms with Crippen molar-refractivity contribution in [2.45, 2.75) is 13.3 Å². The van der Waals surface area contributed by atoms with Crippen LogP contribution in [0.2, 0.25) is 0 Å². The van der Waals surface area contributed by atoms with Crippen LogP contribution in [0.15, 0.2) is 79.1 Å². The summed E-state index contributed by atoms with van der Waals surface area (Å²) < 4.78 is 15.1. The van der Waals surface area contributed by atoms with E-state index in [1.54, 1.807) is 36.3 Å². The molecule has 30 heavy (non-hydrogen) atoms. The van der Waals surface area contributed by atoms with Gasteiger partial charge < -0.3 is 0 Å². The highest BCUT2D eigenvalue weighted by molar-refractivity contribution is 6.05. The SMILES string of the molecule is CC(Cc1ccccc1)C(=O)c1c(-c2ccncc2)c(-c2ccc(F)cc2)nn1C. The van der Waals surface area contributed by atoms with Crippen LogP contribution in [-0.2, 0) is 13.5 Å². The van der Waals surface area contributed by atoms with Gasteiger partial charge in [0.1, 0.15) is 17.2 Å². The van der Waals surface area contributed by atoms with Gasteiger partial charge in [-0.25, -0.2) is 4.39 Å². The fraction of sp³-hybridized carbons (Fsp3) is 0.160. The van der Waals surface area contributed by atoms with Crippen molar-refractivity contribution in [3.8, 4) is 22.4 Å². The van der Waals surface area contributed by atoms with Crippen LogP contribution in [0.4, 0.5) is 4.39 Å². The van der Waals surface area contributed by atoms with Gasteiger partial charge in [-0.15, -0.1) is 0 Å². The third-order valence-corrected chi connectivity index (χ3v) is 5.20. The van der Waals surface area contributed by atoms with Crippen molar-refractivity contribution in [3.05, 3.63) is 96.2 Å². The Morgan fingerprint density at radius 2 is 1.63 bits per heavy atom. The molecule has 4 nitrogen and oxygen atoms in total. The molecule has 4 rings (SSSR count). The smallest absolute Gasteiger partial charge is 0.184 e. The molecule has 2 aromatic heterocycles. The van der Waals surface area contributed by atoms with Crippen LogP contribution in [-0.4, -0.2) is 20.5 Å². The van der Waals surface area contributed by atoms with Crippen LogP contribution >= 0.6 is 0 Å². The first-order chi connectivity index (χ1) is 14.5. The number of ketones is 1. The maximum atomic E-state index is 13.5.